The Morgan fingerprint density at radius 1 is 1.45 bits per heavy atom. The van der Waals surface area contributed by atoms with Crippen LogP contribution in [0.4, 0.5) is 4.79 Å². The number of piperidine rings is 1. The van der Waals surface area contributed by atoms with Gasteiger partial charge in [-0.05, 0) is 26.9 Å². The highest BCUT2D eigenvalue weighted by Crippen LogP contribution is 2.22. The maximum absolute atomic E-state index is 10.9. The highest BCUT2D eigenvalue weighted by atomic mass is 16.4. The van der Waals surface area contributed by atoms with Crippen molar-refractivity contribution in [2.45, 2.75) is 25.3 Å². The molecule has 2 N–H and O–H groups in total. The number of hydrogen-bond acceptors (Lipinski definition) is 5. The third kappa shape index (κ3) is 3.97. The van der Waals surface area contributed by atoms with Crippen LogP contribution in [0.25, 0.3) is 0 Å². The van der Waals surface area contributed by atoms with Crippen LogP contribution in [0.5, 0.6) is 0 Å². The molecule has 1 aromatic heterocycles. The maximum Gasteiger partial charge on any atom is 0.407 e. The minimum absolute atomic E-state index is 0.193. The van der Waals surface area contributed by atoms with E-state index >= 15 is 0 Å². The Labute approximate surface area is 129 Å². The summed E-state index contributed by atoms with van der Waals surface area (Å²) in [4.78, 5) is 14.4. The van der Waals surface area contributed by atoms with Crippen molar-refractivity contribution in [1.82, 2.24) is 19.6 Å². The maximum atomic E-state index is 10.9. The molecule has 1 amide bonds. The van der Waals surface area contributed by atoms with E-state index in [1.807, 2.05) is 29.9 Å². The Kier molecular flexibility index (Phi) is 5.37. The van der Waals surface area contributed by atoms with Gasteiger partial charge in [0.2, 0.25) is 0 Å². The standard InChI is InChI=1S/C14H23N5O3/c1-17(2)6-5-13(16-22)11-9-15-19(10-11)12-3-7-18(8-4-12)14(20)21/h9-10,12,22H,3-8H2,1-2H3,(H,20,21)/b16-13-. The van der Waals surface area contributed by atoms with Crippen LogP contribution in [0, 0.1) is 0 Å². The molecule has 1 aliphatic rings. The van der Waals surface area contributed by atoms with Crippen molar-refractivity contribution in [3.63, 3.8) is 0 Å². The van der Waals surface area contributed by atoms with Gasteiger partial charge >= 0.3 is 6.09 Å². The van der Waals surface area contributed by atoms with Crippen molar-refractivity contribution < 1.29 is 15.1 Å². The Balaban J connectivity index is 1.98. The summed E-state index contributed by atoms with van der Waals surface area (Å²) in [6.07, 6.45) is 4.86. The number of nitrogens with zero attached hydrogens (tertiary/aromatic N) is 5. The van der Waals surface area contributed by atoms with Crippen molar-refractivity contribution >= 4 is 11.8 Å². The van der Waals surface area contributed by atoms with Crippen LogP contribution in [-0.2, 0) is 0 Å². The fourth-order valence-corrected chi connectivity index (χ4v) is 2.59. The Morgan fingerprint density at radius 3 is 2.68 bits per heavy atom. The monoisotopic (exact) mass is 309 g/mol. The van der Waals surface area contributed by atoms with Gasteiger partial charge in [0.15, 0.2) is 0 Å². The number of carboxylic acid groups (broad SMARTS) is 1. The van der Waals surface area contributed by atoms with Crippen LogP contribution in [0.15, 0.2) is 17.5 Å². The summed E-state index contributed by atoms with van der Waals surface area (Å²) in [6.45, 7) is 1.84. The first-order valence-corrected chi connectivity index (χ1v) is 7.39. The van der Waals surface area contributed by atoms with Crippen LogP contribution in [0.3, 0.4) is 0 Å². The quantitative estimate of drug-likeness (QED) is 0.486. The van der Waals surface area contributed by atoms with Gasteiger partial charge < -0.3 is 20.1 Å². The van der Waals surface area contributed by atoms with Crippen LogP contribution < -0.4 is 0 Å². The summed E-state index contributed by atoms with van der Waals surface area (Å²) in [5.41, 5.74) is 1.42. The second-order valence-corrected chi connectivity index (χ2v) is 5.81. The zero-order chi connectivity index (χ0) is 16.1. The Bertz CT molecular complexity index is 532. The zero-order valence-electron chi connectivity index (χ0n) is 13.0. The molecular weight excluding hydrogens is 286 g/mol. The second kappa shape index (κ2) is 7.26. The van der Waals surface area contributed by atoms with E-state index < -0.39 is 6.09 Å². The molecule has 1 saturated heterocycles. The molecule has 0 spiro atoms. The predicted octanol–water partition coefficient (Wildman–Crippen LogP) is 1.33. The number of oxime groups is 1. The van der Waals surface area contributed by atoms with Crippen LogP contribution in [-0.4, -0.2) is 75.4 Å². The van der Waals surface area contributed by atoms with Gasteiger partial charge in [-0.3, -0.25) is 4.68 Å². The number of aromatic nitrogens is 2. The SMILES string of the molecule is CN(C)CC/C(=N/O)c1cnn(C2CCN(C(=O)O)CC2)c1. The topological polar surface area (TPSA) is 94.2 Å². The van der Waals surface area contributed by atoms with Crippen molar-refractivity contribution in [1.29, 1.82) is 0 Å². The molecule has 0 aliphatic carbocycles. The van der Waals surface area contributed by atoms with Gasteiger partial charge in [0.1, 0.15) is 0 Å². The fourth-order valence-electron chi connectivity index (χ4n) is 2.59. The van der Waals surface area contributed by atoms with Crippen molar-refractivity contribution in [2.75, 3.05) is 33.7 Å². The number of amides is 1. The van der Waals surface area contributed by atoms with Crippen LogP contribution >= 0.6 is 0 Å². The summed E-state index contributed by atoms with van der Waals surface area (Å²) in [5, 5.41) is 25.9. The van der Waals surface area contributed by atoms with Gasteiger partial charge in [0, 0.05) is 37.8 Å². The van der Waals surface area contributed by atoms with Crippen molar-refractivity contribution in [3.05, 3.63) is 18.0 Å². The lowest BCUT2D eigenvalue weighted by molar-refractivity contribution is 0.124. The van der Waals surface area contributed by atoms with Gasteiger partial charge in [-0.15, -0.1) is 0 Å². The fraction of sp³-hybridized carbons (Fsp3) is 0.643. The zero-order valence-corrected chi connectivity index (χ0v) is 13.0. The second-order valence-electron chi connectivity index (χ2n) is 5.81. The molecule has 1 aromatic rings. The summed E-state index contributed by atoms with van der Waals surface area (Å²) in [6, 6.07) is 0.193. The lowest BCUT2D eigenvalue weighted by Gasteiger charge is -2.30. The normalized spacial score (nSPS) is 17.2. The third-order valence-corrected chi connectivity index (χ3v) is 3.96. The largest absolute Gasteiger partial charge is 0.465 e. The molecule has 1 aliphatic heterocycles. The minimum atomic E-state index is -0.863. The molecule has 122 valence electrons. The van der Waals surface area contributed by atoms with Gasteiger partial charge in [0.25, 0.3) is 0 Å². The smallest absolute Gasteiger partial charge is 0.407 e. The van der Waals surface area contributed by atoms with E-state index in [1.54, 1.807) is 6.20 Å². The molecule has 0 unspecified atom stereocenters. The van der Waals surface area contributed by atoms with E-state index in [4.69, 9.17) is 10.3 Å². The lowest BCUT2D eigenvalue weighted by atomic mass is 10.1. The molecule has 1 fully saturated rings. The van der Waals surface area contributed by atoms with E-state index in [1.165, 1.54) is 4.90 Å². The van der Waals surface area contributed by atoms with E-state index in [0.717, 1.165) is 24.9 Å². The lowest BCUT2D eigenvalue weighted by Crippen LogP contribution is -2.38. The van der Waals surface area contributed by atoms with Gasteiger partial charge in [0.05, 0.1) is 18.0 Å². The van der Waals surface area contributed by atoms with Gasteiger partial charge in [-0.2, -0.15) is 5.10 Å². The molecule has 0 radical (unpaired) electrons. The average Bonchev–Trinajstić information content (AvgIpc) is 2.97. The predicted molar refractivity (Wildman–Crippen MR) is 81.6 cm³/mol. The molecule has 2 rings (SSSR count). The summed E-state index contributed by atoms with van der Waals surface area (Å²) in [5.74, 6) is 0. The molecule has 2 heterocycles. The summed E-state index contributed by atoms with van der Waals surface area (Å²) in [7, 11) is 3.93. The summed E-state index contributed by atoms with van der Waals surface area (Å²) < 4.78 is 1.86. The molecule has 0 aromatic carbocycles. The number of rotatable bonds is 5. The minimum Gasteiger partial charge on any atom is -0.465 e. The van der Waals surface area contributed by atoms with E-state index in [2.05, 4.69) is 10.3 Å². The molecule has 0 bridgehead atoms. The third-order valence-electron chi connectivity index (χ3n) is 3.96. The van der Waals surface area contributed by atoms with E-state index in [0.29, 0.717) is 25.2 Å². The molecule has 22 heavy (non-hydrogen) atoms. The van der Waals surface area contributed by atoms with E-state index in [9.17, 15) is 4.79 Å². The first-order valence-electron chi connectivity index (χ1n) is 7.39. The van der Waals surface area contributed by atoms with Crippen LogP contribution in [0.1, 0.15) is 30.9 Å². The first-order chi connectivity index (χ1) is 10.5. The first kappa shape index (κ1) is 16.3. The molecule has 0 atom stereocenters. The number of likely N-dealkylation sites (tertiary alicyclic amines) is 1. The molecular formula is C14H23N5O3. The van der Waals surface area contributed by atoms with Gasteiger partial charge in [-0.25, -0.2) is 4.79 Å². The Morgan fingerprint density at radius 2 is 2.14 bits per heavy atom. The summed E-state index contributed by atoms with van der Waals surface area (Å²) >= 11 is 0. The van der Waals surface area contributed by atoms with Gasteiger partial charge in [-0.1, -0.05) is 5.16 Å². The molecule has 8 heteroatoms. The Hall–Kier alpha value is -2.09. The number of carbonyl (C=O) groups is 1. The van der Waals surface area contributed by atoms with Crippen LogP contribution in [0.2, 0.25) is 0 Å². The number of hydrogen-bond donors (Lipinski definition) is 2. The highest BCUT2D eigenvalue weighted by Gasteiger charge is 2.24. The highest BCUT2D eigenvalue weighted by molar-refractivity contribution is 5.99. The average molecular weight is 309 g/mol. The van der Waals surface area contributed by atoms with Crippen molar-refractivity contribution in [2.24, 2.45) is 5.16 Å². The van der Waals surface area contributed by atoms with Crippen molar-refractivity contribution in [3.8, 4) is 0 Å². The van der Waals surface area contributed by atoms with E-state index in [-0.39, 0.29) is 6.04 Å². The molecule has 8 nitrogen and oxygen atoms in total. The molecule has 0 saturated carbocycles.